The zero-order chi connectivity index (χ0) is 13.6. The van der Waals surface area contributed by atoms with Crippen LogP contribution < -0.4 is 16.6 Å². The van der Waals surface area contributed by atoms with Crippen molar-refractivity contribution in [2.75, 3.05) is 5.73 Å². The third-order valence-corrected chi connectivity index (χ3v) is 4.32. The van der Waals surface area contributed by atoms with Crippen LogP contribution in [0.2, 0.25) is 0 Å². The molecule has 0 spiro atoms. The SMILES string of the molecule is Nc1cccc2sn(C3CCC(=O)NC3=O)c(=O)c12. The van der Waals surface area contributed by atoms with Crippen molar-refractivity contribution in [1.82, 2.24) is 9.27 Å². The van der Waals surface area contributed by atoms with Crippen molar-refractivity contribution in [2.24, 2.45) is 0 Å². The van der Waals surface area contributed by atoms with Gasteiger partial charge in [-0.2, -0.15) is 0 Å². The largest absolute Gasteiger partial charge is 0.398 e. The Morgan fingerprint density at radius 2 is 2.11 bits per heavy atom. The fourth-order valence-corrected chi connectivity index (χ4v) is 3.37. The van der Waals surface area contributed by atoms with Crippen molar-refractivity contribution in [3.63, 3.8) is 0 Å². The zero-order valence-corrected chi connectivity index (χ0v) is 10.7. The molecular weight excluding hydrogens is 266 g/mol. The third-order valence-electron chi connectivity index (χ3n) is 3.16. The van der Waals surface area contributed by atoms with E-state index in [1.54, 1.807) is 18.2 Å². The number of aromatic nitrogens is 1. The molecule has 1 fully saturated rings. The molecule has 3 N–H and O–H groups in total. The molecule has 3 rings (SSSR count). The molecular formula is C12H11N3O3S. The number of benzene rings is 1. The summed E-state index contributed by atoms with van der Waals surface area (Å²) in [5, 5.41) is 2.69. The van der Waals surface area contributed by atoms with E-state index < -0.39 is 11.9 Å². The molecule has 2 heterocycles. The molecule has 0 saturated carbocycles. The number of fused-ring (bicyclic) bond motifs is 1. The summed E-state index contributed by atoms with van der Waals surface area (Å²) in [5.41, 5.74) is 5.93. The van der Waals surface area contributed by atoms with Crippen molar-refractivity contribution in [3.05, 3.63) is 28.6 Å². The molecule has 1 aliphatic heterocycles. The van der Waals surface area contributed by atoms with E-state index >= 15 is 0 Å². The smallest absolute Gasteiger partial charge is 0.271 e. The number of nitrogens with zero attached hydrogens (tertiary/aromatic N) is 1. The van der Waals surface area contributed by atoms with Crippen LogP contribution in [0.1, 0.15) is 18.9 Å². The Bertz CT molecular complexity index is 746. The lowest BCUT2D eigenvalue weighted by Crippen LogP contribution is -2.43. The number of piperidine rings is 1. The molecule has 1 atom stereocenters. The number of carbonyl (C=O) groups is 2. The van der Waals surface area contributed by atoms with E-state index in [2.05, 4.69) is 5.32 Å². The first-order valence-corrected chi connectivity index (χ1v) is 6.59. The first-order chi connectivity index (χ1) is 9.08. The summed E-state index contributed by atoms with van der Waals surface area (Å²) >= 11 is 1.20. The third kappa shape index (κ3) is 1.82. The topological polar surface area (TPSA) is 94.2 Å². The van der Waals surface area contributed by atoms with E-state index in [1.165, 1.54) is 15.5 Å². The van der Waals surface area contributed by atoms with Crippen LogP contribution in [0.4, 0.5) is 5.69 Å². The van der Waals surface area contributed by atoms with E-state index in [-0.39, 0.29) is 17.9 Å². The molecule has 1 aliphatic rings. The second-order valence-corrected chi connectivity index (χ2v) is 5.43. The average Bonchev–Trinajstić information content (AvgIpc) is 2.68. The first-order valence-electron chi connectivity index (χ1n) is 5.81. The van der Waals surface area contributed by atoms with Crippen LogP contribution in [0.3, 0.4) is 0 Å². The highest BCUT2D eigenvalue weighted by molar-refractivity contribution is 7.14. The molecule has 1 saturated heterocycles. The Hall–Kier alpha value is -2.15. The number of amides is 2. The van der Waals surface area contributed by atoms with Gasteiger partial charge in [0.2, 0.25) is 5.91 Å². The van der Waals surface area contributed by atoms with Crippen LogP contribution in [0.25, 0.3) is 10.1 Å². The number of hydrogen-bond donors (Lipinski definition) is 2. The van der Waals surface area contributed by atoms with Gasteiger partial charge in [-0.3, -0.25) is 23.7 Å². The van der Waals surface area contributed by atoms with Crippen molar-refractivity contribution in [1.29, 1.82) is 0 Å². The van der Waals surface area contributed by atoms with Crippen molar-refractivity contribution < 1.29 is 9.59 Å². The summed E-state index contributed by atoms with van der Waals surface area (Å²) in [7, 11) is 0. The molecule has 0 radical (unpaired) electrons. The summed E-state index contributed by atoms with van der Waals surface area (Å²) in [5.74, 6) is -0.724. The van der Waals surface area contributed by atoms with Gasteiger partial charge in [-0.1, -0.05) is 17.6 Å². The molecule has 0 aliphatic carbocycles. The highest BCUT2D eigenvalue weighted by atomic mass is 32.1. The van der Waals surface area contributed by atoms with Gasteiger partial charge in [-0.05, 0) is 18.6 Å². The predicted octanol–water partition coefficient (Wildman–Crippen LogP) is 0.623. The Kier molecular flexibility index (Phi) is 2.63. The van der Waals surface area contributed by atoms with E-state index in [1.807, 2.05) is 0 Å². The van der Waals surface area contributed by atoms with E-state index in [0.717, 1.165) is 4.70 Å². The van der Waals surface area contributed by atoms with Gasteiger partial charge in [0.25, 0.3) is 11.5 Å². The lowest BCUT2D eigenvalue weighted by atomic mass is 10.1. The minimum absolute atomic E-state index is 0.243. The maximum Gasteiger partial charge on any atom is 0.271 e. The summed E-state index contributed by atoms with van der Waals surface area (Å²) in [4.78, 5) is 35.2. The second-order valence-electron chi connectivity index (χ2n) is 4.41. The Labute approximate surface area is 112 Å². The lowest BCUT2D eigenvalue weighted by Gasteiger charge is -2.20. The number of hydrogen-bond acceptors (Lipinski definition) is 5. The average molecular weight is 277 g/mol. The number of rotatable bonds is 1. The van der Waals surface area contributed by atoms with Gasteiger partial charge in [0, 0.05) is 12.1 Å². The van der Waals surface area contributed by atoms with Crippen LogP contribution in [0, 0.1) is 0 Å². The summed E-state index contributed by atoms with van der Waals surface area (Å²) in [6.07, 6.45) is 0.587. The van der Waals surface area contributed by atoms with Gasteiger partial charge in [0.05, 0.1) is 10.1 Å². The lowest BCUT2D eigenvalue weighted by molar-refractivity contribution is -0.135. The van der Waals surface area contributed by atoms with E-state index in [0.29, 0.717) is 17.5 Å². The Balaban J connectivity index is 2.14. The van der Waals surface area contributed by atoms with Crippen LogP contribution in [0.5, 0.6) is 0 Å². The van der Waals surface area contributed by atoms with Gasteiger partial charge >= 0.3 is 0 Å². The molecule has 0 bridgehead atoms. The monoisotopic (exact) mass is 277 g/mol. The maximum absolute atomic E-state index is 12.3. The summed E-state index contributed by atoms with van der Waals surface area (Å²) in [6, 6.07) is 4.59. The van der Waals surface area contributed by atoms with Gasteiger partial charge in [0.15, 0.2) is 0 Å². The van der Waals surface area contributed by atoms with Crippen LogP contribution in [-0.2, 0) is 9.59 Å². The number of nitrogens with one attached hydrogen (secondary N) is 1. The molecule has 1 aromatic heterocycles. The normalized spacial score (nSPS) is 19.7. The molecule has 98 valence electrons. The van der Waals surface area contributed by atoms with Crippen LogP contribution >= 0.6 is 11.5 Å². The number of nitrogens with two attached hydrogens (primary N) is 1. The summed E-state index contributed by atoms with van der Waals surface area (Å²) < 4.78 is 2.15. The quantitative estimate of drug-likeness (QED) is 0.590. The fourth-order valence-electron chi connectivity index (χ4n) is 2.22. The summed E-state index contributed by atoms with van der Waals surface area (Å²) in [6.45, 7) is 0. The highest BCUT2D eigenvalue weighted by Gasteiger charge is 2.30. The van der Waals surface area contributed by atoms with Gasteiger partial charge in [-0.25, -0.2) is 0 Å². The molecule has 19 heavy (non-hydrogen) atoms. The van der Waals surface area contributed by atoms with Crippen LogP contribution in [-0.4, -0.2) is 15.8 Å². The Morgan fingerprint density at radius 3 is 2.79 bits per heavy atom. The Morgan fingerprint density at radius 1 is 1.32 bits per heavy atom. The van der Waals surface area contributed by atoms with Crippen LogP contribution in [0.15, 0.2) is 23.0 Å². The minimum Gasteiger partial charge on any atom is -0.398 e. The zero-order valence-electron chi connectivity index (χ0n) is 9.88. The molecule has 1 aromatic carbocycles. The van der Waals surface area contributed by atoms with Crippen molar-refractivity contribution in [2.45, 2.75) is 18.9 Å². The molecule has 2 amide bonds. The molecule has 2 aromatic rings. The molecule has 1 unspecified atom stereocenters. The number of anilines is 1. The molecule has 7 heteroatoms. The van der Waals surface area contributed by atoms with Crippen molar-refractivity contribution >= 4 is 39.1 Å². The standard InChI is InChI=1S/C12H11N3O3S/c13-6-2-1-3-8-10(6)12(18)15(19-8)7-4-5-9(16)14-11(7)17/h1-3,7H,4-5,13H2,(H,14,16,17). The number of nitrogen functional groups attached to an aromatic ring is 1. The number of imide groups is 1. The predicted molar refractivity (Wildman–Crippen MR) is 71.9 cm³/mol. The van der Waals surface area contributed by atoms with E-state index in [9.17, 15) is 14.4 Å². The second kappa shape index (κ2) is 4.20. The molecule has 6 nitrogen and oxygen atoms in total. The van der Waals surface area contributed by atoms with Gasteiger partial charge in [-0.15, -0.1) is 0 Å². The minimum atomic E-state index is -0.623. The van der Waals surface area contributed by atoms with Crippen molar-refractivity contribution in [3.8, 4) is 0 Å². The maximum atomic E-state index is 12.3. The van der Waals surface area contributed by atoms with Gasteiger partial charge < -0.3 is 5.73 Å². The fraction of sp³-hybridized carbons (Fsp3) is 0.250. The van der Waals surface area contributed by atoms with E-state index in [4.69, 9.17) is 5.73 Å². The highest BCUT2D eigenvalue weighted by Crippen LogP contribution is 2.27. The first kappa shape index (κ1) is 11.9. The number of carbonyl (C=O) groups excluding carboxylic acids is 2. The van der Waals surface area contributed by atoms with Gasteiger partial charge in [0.1, 0.15) is 6.04 Å².